The molecule has 0 spiro atoms. The number of piperidine rings is 1. The summed E-state index contributed by atoms with van der Waals surface area (Å²) in [7, 11) is 0. The largest absolute Gasteiger partial charge is 0.465 e. The smallest absolute Gasteiger partial charge is 0.407 e. The molecule has 1 unspecified atom stereocenters. The number of carbonyl (C=O) groups is 2. The summed E-state index contributed by atoms with van der Waals surface area (Å²) in [6.07, 6.45) is -0.869. The molecule has 2 rings (SSSR count). The summed E-state index contributed by atoms with van der Waals surface area (Å²) in [6.45, 7) is 3.60. The number of carbonyl (C=O) groups excluding carboxylic acids is 1. The predicted octanol–water partition coefficient (Wildman–Crippen LogP) is -0.0217. The molecule has 78 valence electrons. The van der Waals surface area contributed by atoms with Gasteiger partial charge < -0.3 is 15.3 Å². The van der Waals surface area contributed by atoms with E-state index in [0.717, 1.165) is 0 Å². The molecule has 0 aromatic heterocycles. The van der Waals surface area contributed by atoms with Crippen molar-refractivity contribution < 1.29 is 14.7 Å². The molecule has 2 N–H and O–H groups in total. The van der Waals surface area contributed by atoms with Crippen LogP contribution in [0.15, 0.2) is 0 Å². The number of carboxylic acid groups (broad SMARTS) is 1. The van der Waals surface area contributed by atoms with Crippen molar-refractivity contribution in [3.8, 4) is 0 Å². The third-order valence-corrected chi connectivity index (χ3v) is 3.12. The molecule has 0 aromatic rings. The molecule has 1 aliphatic heterocycles. The Hall–Kier alpha value is -1.26. The van der Waals surface area contributed by atoms with Gasteiger partial charge in [-0.15, -0.1) is 0 Å². The van der Waals surface area contributed by atoms with E-state index in [1.54, 1.807) is 0 Å². The molecule has 5 heteroatoms. The van der Waals surface area contributed by atoms with E-state index in [1.807, 2.05) is 6.92 Å². The van der Waals surface area contributed by atoms with Crippen LogP contribution in [0, 0.1) is 17.8 Å². The van der Waals surface area contributed by atoms with Crippen LogP contribution in [0.4, 0.5) is 4.79 Å². The van der Waals surface area contributed by atoms with Crippen LogP contribution in [-0.2, 0) is 4.79 Å². The van der Waals surface area contributed by atoms with Crippen LogP contribution in [0.3, 0.4) is 0 Å². The van der Waals surface area contributed by atoms with Crippen molar-refractivity contribution in [3.63, 3.8) is 0 Å². The molecule has 0 bridgehead atoms. The fourth-order valence-corrected chi connectivity index (χ4v) is 2.36. The standard InChI is InChI=1S/C9H14N2O3/c1-2-10-8(12)7-5-3-11(9(13)14)4-6(5)7/h5-7H,2-4H2,1H3,(H,10,12)(H,13,14)/t5-,6+,7?. The molecular formula is C9H14N2O3. The summed E-state index contributed by atoms with van der Waals surface area (Å²) in [5.41, 5.74) is 0. The first-order chi connectivity index (χ1) is 6.65. The van der Waals surface area contributed by atoms with Gasteiger partial charge in [0.15, 0.2) is 0 Å². The molecule has 1 heterocycles. The highest BCUT2D eigenvalue weighted by Gasteiger charge is 2.60. The average molecular weight is 198 g/mol. The van der Waals surface area contributed by atoms with Gasteiger partial charge in [-0.1, -0.05) is 0 Å². The van der Waals surface area contributed by atoms with E-state index in [0.29, 0.717) is 19.6 Å². The molecule has 1 saturated heterocycles. The SMILES string of the molecule is CCNC(=O)C1[C@H]2CN(C(=O)O)C[C@@H]12. The number of hydrogen-bond acceptors (Lipinski definition) is 2. The zero-order valence-corrected chi connectivity index (χ0v) is 8.06. The van der Waals surface area contributed by atoms with Gasteiger partial charge in [-0.05, 0) is 18.8 Å². The van der Waals surface area contributed by atoms with Crippen LogP contribution in [0.5, 0.6) is 0 Å². The normalized spacial score (nSPS) is 33.8. The summed E-state index contributed by atoms with van der Waals surface area (Å²) in [4.78, 5) is 23.4. The molecule has 1 aliphatic carbocycles. The van der Waals surface area contributed by atoms with Gasteiger partial charge in [0.25, 0.3) is 0 Å². The van der Waals surface area contributed by atoms with Crippen molar-refractivity contribution in [2.75, 3.05) is 19.6 Å². The van der Waals surface area contributed by atoms with Crippen molar-refractivity contribution in [3.05, 3.63) is 0 Å². The quantitative estimate of drug-likeness (QED) is 0.655. The number of nitrogens with one attached hydrogen (secondary N) is 1. The molecule has 5 nitrogen and oxygen atoms in total. The number of hydrogen-bond donors (Lipinski definition) is 2. The Kier molecular flexibility index (Phi) is 2.09. The summed E-state index contributed by atoms with van der Waals surface area (Å²) >= 11 is 0. The second-order valence-electron chi connectivity index (χ2n) is 3.94. The second-order valence-corrected chi connectivity index (χ2v) is 3.94. The summed E-state index contributed by atoms with van der Waals surface area (Å²) in [5.74, 6) is 0.716. The summed E-state index contributed by atoms with van der Waals surface area (Å²) in [6, 6.07) is 0. The maximum atomic E-state index is 11.4. The lowest BCUT2D eigenvalue weighted by Gasteiger charge is -2.15. The Morgan fingerprint density at radius 1 is 1.43 bits per heavy atom. The van der Waals surface area contributed by atoms with Crippen LogP contribution in [0.25, 0.3) is 0 Å². The van der Waals surface area contributed by atoms with Crippen molar-refractivity contribution in [2.45, 2.75) is 6.92 Å². The van der Waals surface area contributed by atoms with Gasteiger partial charge in [0.2, 0.25) is 5.91 Å². The minimum absolute atomic E-state index is 0.0746. The molecule has 14 heavy (non-hydrogen) atoms. The highest BCUT2D eigenvalue weighted by molar-refractivity contribution is 5.83. The fourth-order valence-electron chi connectivity index (χ4n) is 2.36. The van der Waals surface area contributed by atoms with E-state index in [4.69, 9.17) is 5.11 Å². The van der Waals surface area contributed by atoms with Gasteiger partial charge in [-0.2, -0.15) is 0 Å². The second kappa shape index (κ2) is 3.15. The van der Waals surface area contributed by atoms with Crippen LogP contribution >= 0.6 is 0 Å². The molecule has 0 radical (unpaired) electrons. The van der Waals surface area contributed by atoms with E-state index >= 15 is 0 Å². The van der Waals surface area contributed by atoms with E-state index in [9.17, 15) is 9.59 Å². The third kappa shape index (κ3) is 1.32. The fraction of sp³-hybridized carbons (Fsp3) is 0.778. The first-order valence-corrected chi connectivity index (χ1v) is 4.90. The molecule has 2 aliphatic rings. The Morgan fingerprint density at radius 3 is 2.43 bits per heavy atom. The topological polar surface area (TPSA) is 69.6 Å². The van der Waals surface area contributed by atoms with Crippen LogP contribution in [0.2, 0.25) is 0 Å². The molecule has 1 saturated carbocycles. The molecule has 0 aromatic carbocycles. The maximum Gasteiger partial charge on any atom is 0.407 e. The molecular weight excluding hydrogens is 184 g/mol. The van der Waals surface area contributed by atoms with Crippen molar-refractivity contribution in [1.82, 2.24) is 10.2 Å². The van der Waals surface area contributed by atoms with Crippen molar-refractivity contribution >= 4 is 12.0 Å². The first-order valence-electron chi connectivity index (χ1n) is 4.90. The van der Waals surface area contributed by atoms with E-state index in [-0.39, 0.29) is 23.7 Å². The van der Waals surface area contributed by atoms with Crippen LogP contribution in [0.1, 0.15) is 6.92 Å². The lowest BCUT2D eigenvalue weighted by atomic mass is 10.2. The number of nitrogens with zero attached hydrogens (tertiary/aromatic N) is 1. The lowest BCUT2D eigenvalue weighted by Crippen LogP contribution is -2.34. The Labute approximate surface area is 82.1 Å². The van der Waals surface area contributed by atoms with Gasteiger partial charge in [0, 0.05) is 25.6 Å². The highest BCUT2D eigenvalue weighted by atomic mass is 16.4. The first kappa shape index (κ1) is 9.30. The average Bonchev–Trinajstić information content (AvgIpc) is 2.62. The summed E-state index contributed by atoms with van der Waals surface area (Å²) < 4.78 is 0. The number of fused-ring (bicyclic) bond motifs is 1. The van der Waals surface area contributed by atoms with Gasteiger partial charge in [0.05, 0.1) is 0 Å². The zero-order valence-electron chi connectivity index (χ0n) is 8.06. The minimum Gasteiger partial charge on any atom is -0.465 e. The Morgan fingerprint density at radius 2 is 2.00 bits per heavy atom. The monoisotopic (exact) mass is 198 g/mol. The maximum absolute atomic E-state index is 11.4. The number of amides is 2. The number of rotatable bonds is 2. The van der Waals surface area contributed by atoms with Gasteiger partial charge in [-0.3, -0.25) is 4.79 Å². The van der Waals surface area contributed by atoms with Crippen LogP contribution < -0.4 is 5.32 Å². The highest BCUT2D eigenvalue weighted by Crippen LogP contribution is 2.51. The molecule has 2 amide bonds. The minimum atomic E-state index is -0.869. The third-order valence-electron chi connectivity index (χ3n) is 3.12. The predicted molar refractivity (Wildman–Crippen MR) is 48.8 cm³/mol. The van der Waals surface area contributed by atoms with E-state index < -0.39 is 6.09 Å². The van der Waals surface area contributed by atoms with Gasteiger partial charge in [-0.25, -0.2) is 4.79 Å². The van der Waals surface area contributed by atoms with Gasteiger partial charge >= 0.3 is 6.09 Å². The summed E-state index contributed by atoms with van der Waals surface area (Å²) in [5, 5.41) is 11.5. The Bertz CT molecular complexity index is 267. The van der Waals surface area contributed by atoms with Crippen LogP contribution in [-0.4, -0.2) is 41.6 Å². The molecule has 3 atom stereocenters. The zero-order chi connectivity index (χ0) is 10.3. The van der Waals surface area contributed by atoms with E-state index in [1.165, 1.54) is 4.90 Å². The lowest BCUT2D eigenvalue weighted by molar-refractivity contribution is -0.123. The van der Waals surface area contributed by atoms with Crippen molar-refractivity contribution in [2.24, 2.45) is 17.8 Å². The number of likely N-dealkylation sites (tertiary alicyclic amines) is 1. The van der Waals surface area contributed by atoms with Gasteiger partial charge in [0.1, 0.15) is 0 Å². The Balaban J connectivity index is 1.85. The van der Waals surface area contributed by atoms with E-state index in [2.05, 4.69) is 5.32 Å². The van der Waals surface area contributed by atoms with Crippen molar-refractivity contribution in [1.29, 1.82) is 0 Å². The molecule has 2 fully saturated rings.